The summed E-state index contributed by atoms with van der Waals surface area (Å²) in [4.78, 5) is 20.4. The molecule has 0 aliphatic carbocycles. The molecule has 0 saturated carbocycles. The topological polar surface area (TPSA) is 113 Å². The van der Waals surface area contributed by atoms with Crippen LogP contribution in [0.4, 0.5) is 11.4 Å². The number of methoxy groups -OCH3 is 1. The second-order valence-electron chi connectivity index (χ2n) is 5.91. The minimum Gasteiger partial charge on any atom is -0.497 e. The highest BCUT2D eigenvalue weighted by Crippen LogP contribution is 2.28. The van der Waals surface area contributed by atoms with Crippen LogP contribution >= 0.6 is 0 Å². The number of carbonyl (C=O) groups excluding carboxylic acids is 1. The van der Waals surface area contributed by atoms with Gasteiger partial charge in [0.15, 0.2) is 11.6 Å². The lowest BCUT2D eigenvalue weighted by atomic mass is 10.1. The molecule has 0 unspecified atom stereocenters. The fourth-order valence-corrected chi connectivity index (χ4v) is 2.42. The molecule has 7 heteroatoms. The number of nitrogens with zero attached hydrogens (tertiary/aromatic N) is 3. The highest BCUT2D eigenvalue weighted by atomic mass is 16.5. The van der Waals surface area contributed by atoms with E-state index < -0.39 is 0 Å². The number of nitrogens with one attached hydrogen (secondary N) is 1. The maximum Gasteiger partial charge on any atom is 0.222 e. The molecule has 0 saturated heterocycles. The predicted octanol–water partition coefficient (Wildman–Crippen LogP) is 3.87. The zero-order valence-electron chi connectivity index (χ0n) is 15.7. The molecule has 3 N–H and O–H groups in total. The van der Waals surface area contributed by atoms with E-state index in [9.17, 15) is 4.79 Å². The van der Waals surface area contributed by atoms with Crippen LogP contribution in [0.2, 0.25) is 0 Å². The molecular formula is C21H25N5O2. The SMILES string of the molecule is C.COc1cc(C)c(N=C(N)/N=C(/Nc2ccc(C#N)cc2)C(C)=O)c(C)c1. The molecule has 0 radical (unpaired) electrons. The van der Waals surface area contributed by atoms with Crippen molar-refractivity contribution in [3.63, 3.8) is 0 Å². The van der Waals surface area contributed by atoms with Crippen molar-refractivity contribution in [1.82, 2.24) is 0 Å². The number of ether oxygens (including phenoxy) is 1. The summed E-state index contributed by atoms with van der Waals surface area (Å²) in [6.07, 6.45) is 0. The van der Waals surface area contributed by atoms with Gasteiger partial charge < -0.3 is 15.8 Å². The second kappa shape index (κ2) is 9.88. The second-order valence-corrected chi connectivity index (χ2v) is 5.91. The van der Waals surface area contributed by atoms with E-state index in [4.69, 9.17) is 15.7 Å². The molecule has 0 aromatic heterocycles. The van der Waals surface area contributed by atoms with Gasteiger partial charge in [-0.15, -0.1) is 0 Å². The molecule has 0 heterocycles. The van der Waals surface area contributed by atoms with E-state index in [-0.39, 0.29) is 25.0 Å². The molecule has 2 aromatic carbocycles. The Morgan fingerprint density at radius 2 is 1.75 bits per heavy atom. The van der Waals surface area contributed by atoms with E-state index in [1.54, 1.807) is 31.4 Å². The van der Waals surface area contributed by atoms with Gasteiger partial charge in [-0.1, -0.05) is 7.43 Å². The van der Waals surface area contributed by atoms with Crippen LogP contribution in [0.5, 0.6) is 5.75 Å². The molecule has 2 aromatic rings. The lowest BCUT2D eigenvalue weighted by molar-refractivity contribution is -0.111. The van der Waals surface area contributed by atoms with Gasteiger partial charge in [0.2, 0.25) is 5.96 Å². The average Bonchev–Trinajstić information content (AvgIpc) is 2.64. The van der Waals surface area contributed by atoms with Crippen LogP contribution in [0.3, 0.4) is 0 Å². The molecule has 0 aliphatic heterocycles. The number of hydrogen-bond donors (Lipinski definition) is 2. The van der Waals surface area contributed by atoms with Gasteiger partial charge in [0.05, 0.1) is 24.4 Å². The molecule has 2 rings (SSSR count). The van der Waals surface area contributed by atoms with Crippen LogP contribution in [0.1, 0.15) is 31.0 Å². The number of nitriles is 1. The minimum absolute atomic E-state index is 0. The van der Waals surface area contributed by atoms with Crippen LogP contribution in [0, 0.1) is 25.2 Å². The first kappa shape index (κ1) is 22.4. The lowest BCUT2D eigenvalue weighted by Gasteiger charge is -2.09. The summed E-state index contributed by atoms with van der Waals surface area (Å²) in [7, 11) is 1.60. The summed E-state index contributed by atoms with van der Waals surface area (Å²) in [5.41, 5.74) is 9.53. The van der Waals surface area contributed by atoms with Gasteiger partial charge in [0, 0.05) is 12.6 Å². The fraction of sp³-hybridized carbons (Fsp3) is 0.238. The minimum atomic E-state index is -0.291. The highest BCUT2D eigenvalue weighted by molar-refractivity contribution is 6.43. The van der Waals surface area contributed by atoms with Crippen LogP contribution in [-0.2, 0) is 4.79 Å². The summed E-state index contributed by atoms with van der Waals surface area (Å²) in [6.45, 7) is 5.17. The third-order valence-electron chi connectivity index (χ3n) is 3.76. The monoisotopic (exact) mass is 379 g/mol. The molecule has 7 nitrogen and oxygen atoms in total. The van der Waals surface area contributed by atoms with E-state index >= 15 is 0 Å². The van der Waals surface area contributed by atoms with Crippen molar-refractivity contribution < 1.29 is 9.53 Å². The van der Waals surface area contributed by atoms with Crippen LogP contribution in [0.25, 0.3) is 0 Å². The zero-order valence-corrected chi connectivity index (χ0v) is 15.7. The Morgan fingerprint density at radius 3 is 2.21 bits per heavy atom. The summed E-state index contributed by atoms with van der Waals surface area (Å²) >= 11 is 0. The summed E-state index contributed by atoms with van der Waals surface area (Å²) in [5, 5.41) is 11.8. The molecule has 0 fully saturated rings. The van der Waals surface area contributed by atoms with Gasteiger partial charge in [-0.2, -0.15) is 10.3 Å². The van der Waals surface area contributed by atoms with Gasteiger partial charge in [0.1, 0.15) is 5.75 Å². The molecule has 146 valence electrons. The van der Waals surface area contributed by atoms with Crippen molar-refractivity contribution in [3.8, 4) is 11.8 Å². The normalized spacial score (nSPS) is 11.2. The Balaban J connectivity index is 0.00000392. The predicted molar refractivity (Wildman–Crippen MR) is 113 cm³/mol. The van der Waals surface area contributed by atoms with Crippen molar-refractivity contribution in [1.29, 1.82) is 5.26 Å². The number of ketones is 1. The van der Waals surface area contributed by atoms with Crippen molar-refractivity contribution in [2.75, 3.05) is 12.4 Å². The number of rotatable bonds is 4. The third kappa shape index (κ3) is 5.68. The van der Waals surface area contributed by atoms with Crippen LogP contribution in [0.15, 0.2) is 46.4 Å². The van der Waals surface area contributed by atoms with Crippen LogP contribution < -0.4 is 15.8 Å². The Morgan fingerprint density at radius 1 is 1.18 bits per heavy atom. The number of carbonyl (C=O) groups is 1. The third-order valence-corrected chi connectivity index (χ3v) is 3.76. The van der Waals surface area contributed by atoms with Gasteiger partial charge in [0.25, 0.3) is 0 Å². The largest absolute Gasteiger partial charge is 0.497 e. The molecule has 0 amide bonds. The summed E-state index contributed by atoms with van der Waals surface area (Å²) in [6, 6.07) is 12.4. The van der Waals surface area contributed by atoms with E-state index in [1.807, 2.05) is 32.0 Å². The number of guanidine groups is 1. The molecule has 28 heavy (non-hydrogen) atoms. The highest BCUT2D eigenvalue weighted by Gasteiger charge is 2.09. The molecule has 0 spiro atoms. The number of aliphatic imine (C=N–C) groups is 2. The Bertz CT molecular complexity index is 931. The fourth-order valence-electron chi connectivity index (χ4n) is 2.42. The van der Waals surface area contributed by atoms with Crippen LogP contribution in [-0.4, -0.2) is 24.7 Å². The Labute approximate surface area is 165 Å². The molecule has 0 atom stereocenters. The van der Waals surface area contributed by atoms with E-state index in [0.29, 0.717) is 16.9 Å². The zero-order chi connectivity index (χ0) is 20.0. The Kier molecular flexibility index (Phi) is 7.90. The Hall–Kier alpha value is -3.66. The van der Waals surface area contributed by atoms with Crippen molar-refractivity contribution in [3.05, 3.63) is 53.1 Å². The van der Waals surface area contributed by atoms with Gasteiger partial charge >= 0.3 is 0 Å². The first-order valence-electron chi connectivity index (χ1n) is 8.20. The quantitative estimate of drug-likeness (QED) is 0.618. The first-order valence-corrected chi connectivity index (χ1v) is 8.20. The van der Waals surface area contributed by atoms with E-state index in [0.717, 1.165) is 16.9 Å². The number of anilines is 1. The van der Waals surface area contributed by atoms with Gasteiger partial charge in [-0.25, -0.2) is 4.99 Å². The maximum absolute atomic E-state index is 11.9. The molecule has 0 bridgehead atoms. The number of nitrogens with two attached hydrogens (primary N) is 1. The summed E-state index contributed by atoms with van der Waals surface area (Å²) in [5.74, 6) is 0.459. The van der Waals surface area contributed by atoms with Crippen molar-refractivity contribution in [2.24, 2.45) is 15.7 Å². The molecular weight excluding hydrogens is 354 g/mol. The summed E-state index contributed by atoms with van der Waals surface area (Å²) < 4.78 is 5.23. The average molecular weight is 379 g/mol. The van der Waals surface area contributed by atoms with Crippen molar-refractivity contribution >= 4 is 29.0 Å². The number of aryl methyl sites for hydroxylation is 2. The standard InChI is InChI=1S/C20H21N5O2.CH4/c1-12-9-17(27-4)10-13(2)18(12)24-20(22)25-19(14(3)26)23-16-7-5-15(11-21)6-8-16;/h5-10H,1-4H3,(H3,22,23,24,25);1H4. The van der Waals surface area contributed by atoms with E-state index in [2.05, 4.69) is 15.3 Å². The smallest absolute Gasteiger partial charge is 0.222 e. The van der Waals surface area contributed by atoms with E-state index in [1.165, 1.54) is 6.92 Å². The number of amidine groups is 1. The molecule has 0 aliphatic rings. The number of hydrogen-bond acceptors (Lipinski definition) is 4. The van der Waals surface area contributed by atoms with Gasteiger partial charge in [-0.3, -0.25) is 4.79 Å². The van der Waals surface area contributed by atoms with Gasteiger partial charge in [-0.05, 0) is 61.4 Å². The maximum atomic E-state index is 11.9. The number of benzene rings is 2. The lowest BCUT2D eigenvalue weighted by Crippen LogP contribution is -2.24. The first-order chi connectivity index (χ1) is 12.8. The number of Topliss-reactive ketones (excluding diaryl/α,β-unsaturated/α-hetero) is 1. The van der Waals surface area contributed by atoms with Crippen molar-refractivity contribution in [2.45, 2.75) is 28.2 Å².